The third kappa shape index (κ3) is 6.06. The van der Waals surface area contributed by atoms with Crippen LogP contribution in [0.15, 0.2) is 200 Å². The molecule has 0 aromatic heterocycles. The minimum Gasteiger partial charge on any atom is -0.458 e. The Hall–Kier alpha value is -7.36. The topological polar surface area (TPSA) is 18.5 Å². The van der Waals surface area contributed by atoms with Gasteiger partial charge in [-0.15, -0.1) is 0 Å². The molecule has 59 heavy (non-hydrogen) atoms. The summed E-state index contributed by atoms with van der Waals surface area (Å²) in [7, 11) is 0. The van der Waals surface area contributed by atoms with Crippen LogP contribution in [0.25, 0.3) is 66.8 Å². The van der Waals surface area contributed by atoms with Gasteiger partial charge in [-0.25, -0.2) is 0 Å². The lowest BCUT2D eigenvalue weighted by molar-refractivity contribution is 0.467. The van der Waals surface area contributed by atoms with Crippen molar-refractivity contribution in [3.63, 3.8) is 0 Å². The molecule has 0 saturated carbocycles. The average molecular weight is 755 g/mol. The molecule has 3 heteroatoms. The molecule has 2 heterocycles. The molecule has 0 fully saturated rings. The van der Waals surface area contributed by atoms with Gasteiger partial charge in [0.25, 0.3) is 6.71 Å². The van der Waals surface area contributed by atoms with Crippen molar-refractivity contribution in [1.82, 2.24) is 0 Å². The largest absolute Gasteiger partial charge is 0.458 e. The van der Waals surface area contributed by atoms with E-state index in [4.69, 9.17) is 9.47 Å². The van der Waals surface area contributed by atoms with Gasteiger partial charge in [0.15, 0.2) is 0 Å². The molecular formula is C56H39BO2. The number of fused-ring (bicyclic) bond motifs is 4. The normalized spacial score (nSPS) is 12.1. The van der Waals surface area contributed by atoms with Crippen LogP contribution in [0.3, 0.4) is 0 Å². The van der Waals surface area contributed by atoms with E-state index < -0.39 is 0 Å². The summed E-state index contributed by atoms with van der Waals surface area (Å²) in [6.45, 7) is 4.30. The van der Waals surface area contributed by atoms with Crippen LogP contribution in [-0.4, -0.2) is 6.71 Å². The van der Waals surface area contributed by atoms with Gasteiger partial charge in [-0.3, -0.25) is 0 Å². The quantitative estimate of drug-likeness (QED) is 0.157. The first kappa shape index (κ1) is 34.9. The van der Waals surface area contributed by atoms with E-state index in [1.54, 1.807) is 0 Å². The molecule has 278 valence electrons. The molecule has 0 bridgehead atoms. The van der Waals surface area contributed by atoms with Crippen LogP contribution in [0.4, 0.5) is 0 Å². The number of ether oxygens (including phenoxy) is 2. The SMILES string of the molecule is Cc1ccccc1-c1cc(-c2ccccc2C)cc(-c2cc(-c3cc(-c4ccccc4)cc(-c4ccccc4)c3)c3c4c2Oc2ccccc2B4c2ccccc2O3)c1. The molecule has 0 saturated heterocycles. The molecule has 0 radical (unpaired) electrons. The number of hydrogen-bond donors (Lipinski definition) is 0. The second kappa shape index (κ2) is 14.2. The summed E-state index contributed by atoms with van der Waals surface area (Å²) in [5.74, 6) is 3.41. The maximum atomic E-state index is 7.16. The summed E-state index contributed by atoms with van der Waals surface area (Å²) in [6, 6.07) is 72.0. The average Bonchev–Trinajstić information content (AvgIpc) is 3.29. The standard InChI is InChI=1S/C56H39BO2/c1-36-17-9-11-23-46(36)42-32-43(47-24-12-10-18-37(47)2)34-45(33-42)49-35-48(44-30-40(38-19-5-3-6-20-38)29-41(31-44)39-21-7-4-8-22-39)55-54-56(49)59-53-28-16-14-26-51(53)57(54)50-25-13-15-27-52(50)58-55/h3-35H,1-2H3. The molecule has 0 spiro atoms. The van der Waals surface area contributed by atoms with Gasteiger partial charge in [-0.1, -0.05) is 146 Å². The molecule has 9 aromatic rings. The van der Waals surface area contributed by atoms with Crippen molar-refractivity contribution in [2.45, 2.75) is 13.8 Å². The van der Waals surface area contributed by atoms with Crippen molar-refractivity contribution >= 4 is 23.1 Å². The van der Waals surface area contributed by atoms with Gasteiger partial charge in [0, 0.05) is 16.6 Å². The van der Waals surface area contributed by atoms with Gasteiger partial charge in [0.2, 0.25) is 0 Å². The van der Waals surface area contributed by atoms with E-state index in [0.717, 1.165) is 95.0 Å². The number of rotatable bonds is 6. The van der Waals surface area contributed by atoms with Crippen LogP contribution in [0.5, 0.6) is 23.0 Å². The smallest absolute Gasteiger partial charge is 0.260 e. The van der Waals surface area contributed by atoms with Crippen LogP contribution in [0, 0.1) is 13.8 Å². The van der Waals surface area contributed by atoms with Crippen molar-refractivity contribution in [2.24, 2.45) is 0 Å². The lowest BCUT2D eigenvalue weighted by Gasteiger charge is -2.35. The second-order valence-corrected chi connectivity index (χ2v) is 15.7. The molecular weight excluding hydrogens is 715 g/mol. The van der Waals surface area contributed by atoms with E-state index in [0.29, 0.717) is 0 Å². The molecule has 0 atom stereocenters. The highest BCUT2D eigenvalue weighted by Gasteiger charge is 2.42. The number of hydrogen-bond acceptors (Lipinski definition) is 2. The van der Waals surface area contributed by atoms with Crippen LogP contribution in [-0.2, 0) is 0 Å². The van der Waals surface area contributed by atoms with Crippen LogP contribution < -0.4 is 25.9 Å². The first-order chi connectivity index (χ1) is 29.1. The molecule has 0 aliphatic carbocycles. The minimum atomic E-state index is -0.0881. The van der Waals surface area contributed by atoms with Crippen LogP contribution >= 0.6 is 0 Å². The summed E-state index contributed by atoms with van der Waals surface area (Å²) in [4.78, 5) is 0. The van der Waals surface area contributed by atoms with E-state index >= 15 is 0 Å². The van der Waals surface area contributed by atoms with Gasteiger partial charge in [0.05, 0.1) is 0 Å². The molecule has 0 amide bonds. The van der Waals surface area contributed by atoms with Gasteiger partial charge >= 0.3 is 0 Å². The summed E-state index contributed by atoms with van der Waals surface area (Å²) in [6.07, 6.45) is 0. The fraction of sp³-hybridized carbons (Fsp3) is 0.0357. The summed E-state index contributed by atoms with van der Waals surface area (Å²) < 4.78 is 14.3. The van der Waals surface area contributed by atoms with Crippen molar-refractivity contribution in [3.8, 4) is 89.8 Å². The van der Waals surface area contributed by atoms with E-state index in [1.165, 1.54) is 22.3 Å². The predicted molar refractivity (Wildman–Crippen MR) is 246 cm³/mol. The van der Waals surface area contributed by atoms with E-state index in [2.05, 4.69) is 214 Å². The number of aryl methyl sites for hydroxylation is 2. The molecule has 2 nitrogen and oxygen atoms in total. The second-order valence-electron chi connectivity index (χ2n) is 15.7. The third-order valence-corrected chi connectivity index (χ3v) is 12.1. The first-order valence-electron chi connectivity index (χ1n) is 20.4. The highest BCUT2D eigenvalue weighted by molar-refractivity contribution is 6.98. The van der Waals surface area contributed by atoms with Crippen molar-refractivity contribution in [1.29, 1.82) is 0 Å². The van der Waals surface area contributed by atoms with Gasteiger partial charge in [0.1, 0.15) is 23.0 Å². The maximum Gasteiger partial charge on any atom is 0.260 e. The van der Waals surface area contributed by atoms with E-state index in [1.807, 2.05) is 0 Å². The summed E-state index contributed by atoms with van der Waals surface area (Å²) >= 11 is 0. The Morgan fingerprint density at radius 2 is 0.661 bits per heavy atom. The highest BCUT2D eigenvalue weighted by atomic mass is 16.5. The van der Waals surface area contributed by atoms with Crippen LogP contribution in [0.2, 0.25) is 0 Å². The Labute approximate surface area is 346 Å². The lowest BCUT2D eigenvalue weighted by atomic mass is 9.34. The fourth-order valence-corrected chi connectivity index (χ4v) is 9.17. The number of benzene rings is 9. The number of para-hydroxylation sites is 2. The van der Waals surface area contributed by atoms with Gasteiger partial charge < -0.3 is 9.47 Å². The fourth-order valence-electron chi connectivity index (χ4n) is 9.17. The van der Waals surface area contributed by atoms with Crippen molar-refractivity contribution in [2.75, 3.05) is 0 Å². The zero-order valence-electron chi connectivity index (χ0n) is 32.9. The molecule has 0 N–H and O–H groups in total. The Morgan fingerprint density at radius 3 is 1.12 bits per heavy atom. The minimum absolute atomic E-state index is 0.0881. The van der Waals surface area contributed by atoms with Gasteiger partial charge in [-0.05, 0) is 146 Å². The van der Waals surface area contributed by atoms with Crippen LogP contribution in [0.1, 0.15) is 11.1 Å². The Morgan fingerprint density at radius 1 is 0.305 bits per heavy atom. The van der Waals surface area contributed by atoms with E-state index in [9.17, 15) is 0 Å². The van der Waals surface area contributed by atoms with Gasteiger partial charge in [-0.2, -0.15) is 0 Å². The molecule has 0 unspecified atom stereocenters. The van der Waals surface area contributed by atoms with E-state index in [-0.39, 0.29) is 6.71 Å². The summed E-state index contributed by atoms with van der Waals surface area (Å²) in [5, 5.41) is 0. The Kier molecular flexibility index (Phi) is 8.41. The highest BCUT2D eigenvalue weighted by Crippen LogP contribution is 2.48. The third-order valence-electron chi connectivity index (χ3n) is 12.1. The zero-order valence-corrected chi connectivity index (χ0v) is 32.9. The maximum absolute atomic E-state index is 7.16. The summed E-state index contributed by atoms with van der Waals surface area (Å²) in [5.41, 5.74) is 19.4. The molecule has 9 aromatic carbocycles. The zero-order chi connectivity index (χ0) is 39.5. The molecule has 11 rings (SSSR count). The molecule has 2 aliphatic heterocycles. The Bertz CT molecular complexity index is 2940. The van der Waals surface area contributed by atoms with Crippen molar-refractivity contribution < 1.29 is 9.47 Å². The monoisotopic (exact) mass is 754 g/mol. The Balaban J connectivity index is 1.25. The predicted octanol–water partition coefficient (Wildman–Crippen LogP) is 13.0. The lowest BCUT2D eigenvalue weighted by Crippen LogP contribution is -2.57. The van der Waals surface area contributed by atoms with Crippen molar-refractivity contribution in [3.05, 3.63) is 211 Å². The first-order valence-corrected chi connectivity index (χ1v) is 20.4. The molecule has 2 aliphatic rings.